The van der Waals surface area contributed by atoms with Crippen LogP contribution in [-0.2, 0) is 6.54 Å². The first-order chi connectivity index (χ1) is 14.7. The Bertz CT molecular complexity index is 1260. The highest BCUT2D eigenvalue weighted by atomic mass is 16.5. The van der Waals surface area contributed by atoms with Crippen molar-refractivity contribution in [3.05, 3.63) is 94.8 Å². The minimum Gasteiger partial charge on any atom is -0.491 e. The van der Waals surface area contributed by atoms with E-state index in [1.54, 1.807) is 30.3 Å². The van der Waals surface area contributed by atoms with Gasteiger partial charge in [-0.05, 0) is 30.3 Å². The number of nitrogens with zero attached hydrogens (tertiary/aromatic N) is 3. The van der Waals surface area contributed by atoms with Gasteiger partial charge in [0.15, 0.2) is 0 Å². The van der Waals surface area contributed by atoms with Gasteiger partial charge in [-0.2, -0.15) is 10.4 Å². The average molecular weight is 397 g/mol. The number of hydrogen-bond acceptors (Lipinski definition) is 5. The molecule has 0 radical (unpaired) electrons. The van der Waals surface area contributed by atoms with E-state index in [0.29, 0.717) is 22.4 Å². The van der Waals surface area contributed by atoms with Crippen molar-refractivity contribution >= 4 is 10.8 Å². The standard InChI is InChI=1S/C24H19N3O3/c25-14-17-10-12-20(13-11-17)30-16-19(28)15-27-24(29)22-9-5-4-8-21(22)23(26-27)18-6-2-1-3-7-18/h1-13,19,28H,15-16H2. The van der Waals surface area contributed by atoms with Gasteiger partial charge in [0.25, 0.3) is 5.56 Å². The molecule has 1 atom stereocenters. The van der Waals surface area contributed by atoms with Gasteiger partial charge in [-0.1, -0.05) is 48.5 Å². The molecule has 0 spiro atoms. The fourth-order valence-electron chi connectivity index (χ4n) is 3.24. The van der Waals surface area contributed by atoms with Crippen LogP contribution in [0.1, 0.15) is 5.56 Å². The summed E-state index contributed by atoms with van der Waals surface area (Å²) < 4.78 is 6.87. The molecule has 0 saturated heterocycles. The van der Waals surface area contributed by atoms with Crippen molar-refractivity contribution in [2.45, 2.75) is 12.6 Å². The molecule has 0 aliphatic rings. The van der Waals surface area contributed by atoms with Gasteiger partial charge >= 0.3 is 0 Å². The number of rotatable bonds is 6. The van der Waals surface area contributed by atoms with Crippen LogP contribution in [0.2, 0.25) is 0 Å². The van der Waals surface area contributed by atoms with Crippen LogP contribution in [0.25, 0.3) is 22.0 Å². The summed E-state index contributed by atoms with van der Waals surface area (Å²) in [5.41, 5.74) is 1.85. The van der Waals surface area contributed by atoms with Crippen LogP contribution in [0.5, 0.6) is 5.75 Å². The number of aliphatic hydroxyl groups excluding tert-OH is 1. The molecule has 0 aliphatic carbocycles. The predicted octanol–water partition coefficient (Wildman–Crippen LogP) is 3.38. The molecule has 1 unspecified atom stereocenters. The van der Waals surface area contributed by atoms with E-state index in [4.69, 9.17) is 10.00 Å². The molecule has 4 rings (SSSR count). The minimum atomic E-state index is -0.935. The van der Waals surface area contributed by atoms with Crippen LogP contribution in [-0.4, -0.2) is 27.6 Å². The Kier molecular flexibility index (Phi) is 5.55. The second kappa shape index (κ2) is 8.60. The van der Waals surface area contributed by atoms with Crippen LogP contribution in [0.4, 0.5) is 0 Å². The van der Waals surface area contributed by atoms with Crippen LogP contribution in [0.15, 0.2) is 83.7 Å². The highest BCUT2D eigenvalue weighted by Crippen LogP contribution is 2.24. The summed E-state index contributed by atoms with van der Waals surface area (Å²) in [6, 6.07) is 25.6. The summed E-state index contributed by atoms with van der Waals surface area (Å²) in [5, 5.41) is 25.2. The highest BCUT2D eigenvalue weighted by Gasteiger charge is 2.15. The summed E-state index contributed by atoms with van der Waals surface area (Å²) in [4.78, 5) is 12.9. The van der Waals surface area contributed by atoms with Crippen molar-refractivity contribution in [1.29, 1.82) is 5.26 Å². The SMILES string of the molecule is N#Cc1ccc(OCC(O)Cn2nc(-c3ccccc3)c3ccccc3c2=O)cc1. The van der Waals surface area contributed by atoms with E-state index >= 15 is 0 Å². The third kappa shape index (κ3) is 4.07. The van der Waals surface area contributed by atoms with E-state index < -0.39 is 6.10 Å². The number of nitriles is 1. The van der Waals surface area contributed by atoms with Crippen molar-refractivity contribution in [2.24, 2.45) is 0 Å². The zero-order chi connectivity index (χ0) is 20.9. The van der Waals surface area contributed by atoms with Crippen LogP contribution >= 0.6 is 0 Å². The molecule has 0 fully saturated rings. The Morgan fingerprint density at radius 2 is 1.63 bits per heavy atom. The summed E-state index contributed by atoms with van der Waals surface area (Å²) >= 11 is 0. The fourth-order valence-corrected chi connectivity index (χ4v) is 3.24. The zero-order valence-corrected chi connectivity index (χ0v) is 16.1. The first-order valence-corrected chi connectivity index (χ1v) is 9.52. The molecular weight excluding hydrogens is 378 g/mol. The Balaban J connectivity index is 1.59. The number of benzene rings is 3. The highest BCUT2D eigenvalue weighted by molar-refractivity contribution is 5.93. The average Bonchev–Trinajstić information content (AvgIpc) is 2.80. The third-order valence-electron chi connectivity index (χ3n) is 4.72. The number of aliphatic hydroxyl groups is 1. The molecule has 0 aliphatic heterocycles. The largest absolute Gasteiger partial charge is 0.491 e. The lowest BCUT2D eigenvalue weighted by atomic mass is 10.1. The Morgan fingerprint density at radius 3 is 2.33 bits per heavy atom. The predicted molar refractivity (Wildman–Crippen MR) is 114 cm³/mol. The molecule has 4 aromatic rings. The molecule has 0 amide bonds. The fraction of sp³-hybridized carbons (Fsp3) is 0.125. The second-order valence-electron chi connectivity index (χ2n) is 6.85. The number of hydrogen-bond donors (Lipinski definition) is 1. The van der Waals surface area contributed by atoms with E-state index in [1.807, 2.05) is 54.6 Å². The van der Waals surface area contributed by atoms with Gasteiger partial charge in [0, 0.05) is 10.9 Å². The minimum absolute atomic E-state index is 0.000218. The van der Waals surface area contributed by atoms with Crippen molar-refractivity contribution in [2.75, 3.05) is 6.61 Å². The quantitative estimate of drug-likeness (QED) is 0.539. The lowest BCUT2D eigenvalue weighted by molar-refractivity contribution is 0.0882. The van der Waals surface area contributed by atoms with Crippen LogP contribution in [0, 0.1) is 11.3 Å². The van der Waals surface area contributed by atoms with Gasteiger partial charge in [-0.3, -0.25) is 4.79 Å². The van der Waals surface area contributed by atoms with Crippen LogP contribution < -0.4 is 10.3 Å². The maximum atomic E-state index is 12.9. The van der Waals surface area contributed by atoms with Crippen LogP contribution in [0.3, 0.4) is 0 Å². The Labute approximate surface area is 173 Å². The Morgan fingerprint density at radius 1 is 0.967 bits per heavy atom. The van der Waals surface area contributed by atoms with E-state index in [9.17, 15) is 9.90 Å². The maximum absolute atomic E-state index is 12.9. The van der Waals surface area contributed by atoms with E-state index in [2.05, 4.69) is 5.10 Å². The molecule has 3 aromatic carbocycles. The first kappa shape index (κ1) is 19.4. The van der Waals surface area contributed by atoms with Crippen molar-refractivity contribution in [3.8, 4) is 23.1 Å². The molecule has 30 heavy (non-hydrogen) atoms. The maximum Gasteiger partial charge on any atom is 0.274 e. The van der Waals surface area contributed by atoms with E-state index in [0.717, 1.165) is 10.9 Å². The van der Waals surface area contributed by atoms with Gasteiger partial charge < -0.3 is 9.84 Å². The summed E-state index contributed by atoms with van der Waals surface area (Å²) in [6.07, 6.45) is -0.935. The monoisotopic (exact) mass is 397 g/mol. The lowest BCUT2D eigenvalue weighted by Gasteiger charge is -2.15. The van der Waals surface area contributed by atoms with Gasteiger partial charge in [-0.25, -0.2) is 4.68 Å². The topological polar surface area (TPSA) is 88.1 Å². The summed E-state index contributed by atoms with van der Waals surface area (Å²) in [6.45, 7) is -0.00665. The molecule has 6 heteroatoms. The molecule has 1 heterocycles. The van der Waals surface area contributed by atoms with E-state index in [-0.39, 0.29) is 18.7 Å². The first-order valence-electron chi connectivity index (χ1n) is 9.52. The van der Waals surface area contributed by atoms with Gasteiger partial charge in [0.05, 0.1) is 29.3 Å². The third-order valence-corrected chi connectivity index (χ3v) is 4.72. The smallest absolute Gasteiger partial charge is 0.274 e. The van der Waals surface area contributed by atoms with Crippen molar-refractivity contribution in [1.82, 2.24) is 9.78 Å². The van der Waals surface area contributed by atoms with E-state index in [1.165, 1.54) is 4.68 Å². The zero-order valence-electron chi connectivity index (χ0n) is 16.1. The molecular formula is C24H19N3O3. The van der Waals surface area contributed by atoms with Gasteiger partial charge in [0.2, 0.25) is 0 Å². The molecule has 1 aromatic heterocycles. The summed E-state index contributed by atoms with van der Waals surface area (Å²) in [7, 11) is 0. The number of ether oxygens (including phenoxy) is 1. The van der Waals surface area contributed by atoms with Crippen molar-refractivity contribution < 1.29 is 9.84 Å². The molecule has 1 N–H and O–H groups in total. The van der Waals surface area contributed by atoms with Gasteiger partial charge in [-0.15, -0.1) is 0 Å². The second-order valence-corrected chi connectivity index (χ2v) is 6.85. The van der Waals surface area contributed by atoms with Gasteiger partial charge in [0.1, 0.15) is 18.5 Å². The van der Waals surface area contributed by atoms with Crippen molar-refractivity contribution in [3.63, 3.8) is 0 Å². The molecule has 0 saturated carbocycles. The molecule has 148 valence electrons. The molecule has 0 bridgehead atoms. The normalized spacial score (nSPS) is 11.7. The summed E-state index contributed by atoms with van der Waals surface area (Å²) in [5.74, 6) is 0.539. The Hall–Kier alpha value is -3.95. The number of fused-ring (bicyclic) bond motifs is 1. The number of aromatic nitrogens is 2. The lowest BCUT2D eigenvalue weighted by Crippen LogP contribution is -2.32. The molecule has 6 nitrogen and oxygen atoms in total.